The van der Waals surface area contributed by atoms with Crippen molar-refractivity contribution in [3.05, 3.63) is 53.5 Å². The molecule has 3 rings (SSSR count). The number of rotatable bonds is 3. The topological polar surface area (TPSA) is 70.7 Å². The molecule has 2 unspecified atom stereocenters. The van der Waals surface area contributed by atoms with Gasteiger partial charge >= 0.3 is 5.97 Å². The van der Waals surface area contributed by atoms with Crippen LogP contribution in [0.4, 0.5) is 0 Å². The molecule has 2 heterocycles. The van der Waals surface area contributed by atoms with Crippen LogP contribution in [0.25, 0.3) is 0 Å². The van der Waals surface area contributed by atoms with Crippen LogP contribution >= 0.6 is 11.8 Å². The van der Waals surface area contributed by atoms with E-state index >= 15 is 0 Å². The van der Waals surface area contributed by atoms with Gasteiger partial charge in [-0.25, -0.2) is 4.79 Å². The number of hydrogen-bond donors (Lipinski definition) is 2. The number of aliphatic hydroxyl groups excluding tert-OH is 1. The first-order valence-electron chi connectivity index (χ1n) is 5.91. The third kappa shape index (κ3) is 2.27. The third-order valence-corrected chi connectivity index (χ3v) is 4.53. The highest BCUT2D eigenvalue weighted by Crippen LogP contribution is 2.42. The second kappa shape index (κ2) is 4.75. The fourth-order valence-corrected chi connectivity index (χ4v) is 3.51. The SMILES string of the molecule is O=C(O)c1ccc(C(O)C2Cc3ccccc3S2)o1. The fourth-order valence-electron chi connectivity index (χ4n) is 2.19. The van der Waals surface area contributed by atoms with Crippen molar-refractivity contribution in [2.45, 2.75) is 22.7 Å². The van der Waals surface area contributed by atoms with E-state index in [2.05, 4.69) is 0 Å². The summed E-state index contributed by atoms with van der Waals surface area (Å²) in [5.41, 5.74) is 1.21. The lowest BCUT2D eigenvalue weighted by Gasteiger charge is -2.14. The van der Waals surface area contributed by atoms with Gasteiger partial charge in [-0.05, 0) is 30.2 Å². The highest BCUT2D eigenvalue weighted by atomic mass is 32.2. The Morgan fingerprint density at radius 1 is 1.32 bits per heavy atom. The highest BCUT2D eigenvalue weighted by molar-refractivity contribution is 8.00. The number of carbonyl (C=O) groups is 1. The van der Waals surface area contributed by atoms with Crippen molar-refractivity contribution in [2.75, 3.05) is 0 Å². The molecule has 1 aliphatic heterocycles. The van der Waals surface area contributed by atoms with Gasteiger partial charge in [-0.3, -0.25) is 0 Å². The molecule has 1 aromatic carbocycles. The maximum Gasteiger partial charge on any atom is 0.371 e. The molecule has 2 aromatic rings. The minimum absolute atomic E-state index is 0.0369. The number of aromatic carboxylic acids is 1. The summed E-state index contributed by atoms with van der Waals surface area (Å²) in [6.45, 7) is 0. The second-order valence-corrected chi connectivity index (χ2v) is 5.70. The Hall–Kier alpha value is -1.72. The lowest BCUT2D eigenvalue weighted by Crippen LogP contribution is -2.13. The molecule has 0 saturated carbocycles. The van der Waals surface area contributed by atoms with Gasteiger partial charge in [-0.1, -0.05) is 18.2 Å². The summed E-state index contributed by atoms with van der Waals surface area (Å²) in [4.78, 5) is 11.9. The van der Waals surface area contributed by atoms with E-state index in [0.29, 0.717) is 5.76 Å². The predicted molar refractivity (Wildman–Crippen MR) is 70.4 cm³/mol. The van der Waals surface area contributed by atoms with Crippen LogP contribution < -0.4 is 0 Å². The Morgan fingerprint density at radius 3 is 2.79 bits per heavy atom. The average molecular weight is 276 g/mol. The Kier molecular flexibility index (Phi) is 3.08. The Labute approximate surface area is 114 Å². The molecule has 1 aromatic heterocycles. The molecule has 4 nitrogen and oxygen atoms in total. The molecule has 98 valence electrons. The van der Waals surface area contributed by atoms with Crippen LogP contribution in [0.5, 0.6) is 0 Å². The number of benzene rings is 1. The minimum Gasteiger partial charge on any atom is -0.475 e. The molecule has 2 N–H and O–H groups in total. The zero-order valence-electron chi connectivity index (χ0n) is 9.95. The van der Waals surface area contributed by atoms with Crippen molar-refractivity contribution < 1.29 is 19.4 Å². The van der Waals surface area contributed by atoms with E-state index in [1.54, 1.807) is 11.8 Å². The Morgan fingerprint density at radius 2 is 2.11 bits per heavy atom. The Bertz CT molecular complexity index is 594. The molecular formula is C14H12O4S. The average Bonchev–Trinajstić information content (AvgIpc) is 3.04. The molecule has 0 amide bonds. The summed E-state index contributed by atoms with van der Waals surface area (Å²) in [5, 5.41) is 19.0. The van der Waals surface area contributed by atoms with E-state index < -0.39 is 12.1 Å². The highest BCUT2D eigenvalue weighted by Gasteiger charge is 2.31. The maximum absolute atomic E-state index is 10.8. The second-order valence-electron chi connectivity index (χ2n) is 4.42. The van der Waals surface area contributed by atoms with E-state index in [4.69, 9.17) is 9.52 Å². The van der Waals surface area contributed by atoms with Gasteiger partial charge in [0.25, 0.3) is 0 Å². The predicted octanol–water partition coefficient (Wildman–Crippen LogP) is 2.73. The zero-order valence-corrected chi connectivity index (χ0v) is 10.8. The van der Waals surface area contributed by atoms with Crippen molar-refractivity contribution in [3.63, 3.8) is 0 Å². The molecule has 5 heteroatoms. The minimum atomic E-state index is -1.12. The van der Waals surface area contributed by atoms with Crippen molar-refractivity contribution in [1.82, 2.24) is 0 Å². The number of carboxylic acid groups (broad SMARTS) is 1. The summed E-state index contributed by atoms with van der Waals surface area (Å²) >= 11 is 1.60. The van der Waals surface area contributed by atoms with Gasteiger partial charge in [0.2, 0.25) is 5.76 Å². The standard InChI is InChI=1S/C14H12O4S/c15-13(9-5-6-10(18-9)14(16)17)12-7-8-3-1-2-4-11(8)19-12/h1-6,12-13,15H,7H2,(H,16,17). The van der Waals surface area contributed by atoms with E-state index in [-0.39, 0.29) is 11.0 Å². The van der Waals surface area contributed by atoms with Gasteiger partial charge < -0.3 is 14.6 Å². The molecule has 0 radical (unpaired) electrons. The molecule has 1 aliphatic rings. The van der Waals surface area contributed by atoms with E-state index in [1.807, 2.05) is 24.3 Å². The van der Waals surface area contributed by atoms with Gasteiger partial charge in [0.15, 0.2) is 0 Å². The molecule has 0 aliphatic carbocycles. The summed E-state index contributed by atoms with van der Waals surface area (Å²) < 4.78 is 5.16. The van der Waals surface area contributed by atoms with Crippen LogP contribution in [0.15, 0.2) is 45.7 Å². The van der Waals surface area contributed by atoms with Crippen LogP contribution in [-0.4, -0.2) is 21.4 Å². The number of hydrogen-bond acceptors (Lipinski definition) is 4. The summed E-state index contributed by atoms with van der Waals surface area (Å²) in [6, 6.07) is 10.9. The van der Waals surface area contributed by atoms with E-state index in [0.717, 1.165) is 11.3 Å². The van der Waals surface area contributed by atoms with Crippen LogP contribution in [0, 0.1) is 0 Å². The third-order valence-electron chi connectivity index (χ3n) is 3.15. The van der Waals surface area contributed by atoms with E-state index in [9.17, 15) is 9.90 Å². The van der Waals surface area contributed by atoms with Crippen molar-refractivity contribution in [2.24, 2.45) is 0 Å². The van der Waals surface area contributed by atoms with Crippen molar-refractivity contribution in [1.29, 1.82) is 0 Å². The molecule has 0 spiro atoms. The first-order chi connectivity index (χ1) is 9.15. The van der Waals surface area contributed by atoms with Gasteiger partial charge in [-0.15, -0.1) is 11.8 Å². The molecule has 0 fully saturated rings. The van der Waals surface area contributed by atoms with Gasteiger partial charge in [0.1, 0.15) is 11.9 Å². The Balaban J connectivity index is 1.79. The number of furan rings is 1. The first kappa shape index (κ1) is 12.3. The summed E-state index contributed by atoms with van der Waals surface area (Å²) in [6.07, 6.45) is -0.0454. The van der Waals surface area contributed by atoms with Crippen LogP contribution in [0.2, 0.25) is 0 Å². The fraction of sp³-hybridized carbons (Fsp3) is 0.214. The van der Waals surface area contributed by atoms with Crippen LogP contribution in [-0.2, 0) is 6.42 Å². The van der Waals surface area contributed by atoms with E-state index in [1.165, 1.54) is 17.7 Å². The van der Waals surface area contributed by atoms with Crippen molar-refractivity contribution >= 4 is 17.7 Å². The number of aliphatic hydroxyl groups is 1. The lowest BCUT2D eigenvalue weighted by atomic mass is 10.1. The molecule has 19 heavy (non-hydrogen) atoms. The molecular weight excluding hydrogens is 264 g/mol. The summed E-state index contributed by atoms with van der Waals surface area (Å²) in [5.74, 6) is -0.960. The molecule has 2 atom stereocenters. The maximum atomic E-state index is 10.8. The van der Waals surface area contributed by atoms with Crippen molar-refractivity contribution in [3.8, 4) is 0 Å². The van der Waals surface area contributed by atoms with Crippen LogP contribution in [0.1, 0.15) is 28.0 Å². The quantitative estimate of drug-likeness (QED) is 0.902. The first-order valence-corrected chi connectivity index (χ1v) is 6.79. The summed E-state index contributed by atoms with van der Waals surface area (Å²) in [7, 11) is 0. The largest absolute Gasteiger partial charge is 0.475 e. The smallest absolute Gasteiger partial charge is 0.371 e. The van der Waals surface area contributed by atoms with Crippen LogP contribution in [0.3, 0.4) is 0 Å². The number of carboxylic acids is 1. The van der Waals surface area contributed by atoms with Gasteiger partial charge in [-0.2, -0.15) is 0 Å². The van der Waals surface area contributed by atoms with Gasteiger partial charge in [0.05, 0.1) is 0 Å². The number of fused-ring (bicyclic) bond motifs is 1. The normalized spacial score (nSPS) is 19.1. The number of thioether (sulfide) groups is 1. The van der Waals surface area contributed by atoms with Gasteiger partial charge in [0, 0.05) is 10.1 Å². The zero-order chi connectivity index (χ0) is 13.4. The molecule has 0 saturated heterocycles. The lowest BCUT2D eigenvalue weighted by molar-refractivity contribution is 0.0651. The monoisotopic (exact) mass is 276 g/mol. The molecule has 0 bridgehead atoms.